The van der Waals surface area contributed by atoms with Crippen LogP contribution in [-0.4, -0.2) is 32.7 Å². The van der Waals surface area contributed by atoms with Crippen LogP contribution in [-0.2, 0) is 23.1 Å². The van der Waals surface area contributed by atoms with Crippen LogP contribution < -0.4 is 9.05 Å². The van der Waals surface area contributed by atoms with E-state index in [-0.39, 0.29) is 15.0 Å². The van der Waals surface area contributed by atoms with Gasteiger partial charge >= 0.3 is 186 Å². The summed E-state index contributed by atoms with van der Waals surface area (Å²) in [6.07, 6.45) is 0. The van der Waals surface area contributed by atoms with Gasteiger partial charge in [0.15, 0.2) is 0 Å². The third kappa shape index (κ3) is 3.97. The molecule has 0 saturated heterocycles. The molecule has 2 aromatic carbocycles. The molecule has 1 aliphatic rings. The first kappa shape index (κ1) is 21.3. The van der Waals surface area contributed by atoms with Gasteiger partial charge in [0.1, 0.15) is 0 Å². The molecular weight excluding hydrogens is 459 g/mol. The van der Waals surface area contributed by atoms with Crippen molar-refractivity contribution in [2.75, 3.05) is 0 Å². The quantitative estimate of drug-likeness (QED) is 0.534. The van der Waals surface area contributed by atoms with E-state index >= 15 is 0 Å². The van der Waals surface area contributed by atoms with E-state index in [2.05, 4.69) is 39.0 Å². The molecule has 1 aliphatic heterocycles. The molecule has 0 bridgehead atoms. The Morgan fingerprint density at radius 3 is 2.13 bits per heavy atom. The first-order chi connectivity index (χ1) is 14.1. The van der Waals surface area contributed by atoms with Crippen LogP contribution in [0.25, 0.3) is 0 Å². The second-order valence-electron chi connectivity index (χ2n) is 8.10. The fraction of sp³-hybridized carbons (Fsp3) is 0.292. The van der Waals surface area contributed by atoms with Crippen LogP contribution in [0.2, 0.25) is 0 Å². The molecule has 4 rings (SSSR count). The summed E-state index contributed by atoms with van der Waals surface area (Å²) in [5.41, 5.74) is 7.99. The zero-order chi connectivity index (χ0) is 21.6. The molecule has 0 aliphatic carbocycles. The van der Waals surface area contributed by atoms with Gasteiger partial charge in [-0.25, -0.2) is 0 Å². The number of aryl methyl sites for hydroxylation is 5. The van der Waals surface area contributed by atoms with Gasteiger partial charge in [0.25, 0.3) is 0 Å². The van der Waals surface area contributed by atoms with Gasteiger partial charge in [-0.1, -0.05) is 0 Å². The summed E-state index contributed by atoms with van der Waals surface area (Å²) < 4.78 is 30.3. The zero-order valence-electron chi connectivity index (χ0n) is 18.0. The second kappa shape index (κ2) is 7.93. The summed E-state index contributed by atoms with van der Waals surface area (Å²) in [5, 5.41) is 0. The summed E-state index contributed by atoms with van der Waals surface area (Å²) in [6, 6.07) is 13.6. The number of hydrogen-bond donors (Lipinski definition) is 0. The van der Waals surface area contributed by atoms with Gasteiger partial charge in [-0.2, -0.15) is 0 Å². The average molecular weight is 486 g/mol. The minimum absolute atomic E-state index is 0.0882. The molecule has 0 fully saturated rings. The normalized spacial score (nSPS) is 14.2. The van der Waals surface area contributed by atoms with Gasteiger partial charge in [0.05, 0.1) is 0 Å². The van der Waals surface area contributed by atoms with Crippen LogP contribution in [0.5, 0.6) is 0 Å². The van der Waals surface area contributed by atoms with Crippen LogP contribution in [0, 0.1) is 34.6 Å². The average Bonchev–Trinajstić information content (AvgIpc) is 3.11. The maximum atomic E-state index is 13.1. The van der Waals surface area contributed by atoms with Crippen molar-refractivity contribution in [3.8, 4) is 0 Å². The number of aromatic nitrogens is 1. The standard InChI is InChI=1S/C24H26N2O2SSe/c1-15-6-8-21(9-7-15)29(27,28)26-13-20-12-23(25-19(5)22(20)14-26)30-24-17(3)10-16(2)11-18(24)4/h6-12H,13-14H2,1-5H3. The van der Waals surface area contributed by atoms with Gasteiger partial charge in [0, 0.05) is 0 Å². The SMILES string of the molecule is Cc1ccc(S(=O)(=O)N2Cc3cc([Se]c4c(C)cc(C)cc4C)nc(C)c3C2)cc1. The third-order valence-corrected chi connectivity index (χ3v) is 10.0. The predicted molar refractivity (Wildman–Crippen MR) is 122 cm³/mol. The van der Waals surface area contributed by atoms with Gasteiger partial charge < -0.3 is 0 Å². The molecule has 30 heavy (non-hydrogen) atoms. The Bertz CT molecular complexity index is 1210. The molecular formula is C24H26N2O2SSe. The Kier molecular flexibility index (Phi) is 5.62. The fourth-order valence-corrected chi connectivity index (χ4v) is 7.58. The third-order valence-electron chi connectivity index (χ3n) is 5.55. The summed E-state index contributed by atoms with van der Waals surface area (Å²) in [4.78, 5) is 5.20. The molecule has 1 aromatic heterocycles. The van der Waals surface area contributed by atoms with Crippen molar-refractivity contribution in [3.05, 3.63) is 81.5 Å². The summed E-state index contributed by atoms with van der Waals surface area (Å²) in [5.74, 6) is 0. The van der Waals surface area contributed by atoms with E-state index in [4.69, 9.17) is 4.98 Å². The van der Waals surface area contributed by atoms with Gasteiger partial charge in [0.2, 0.25) is 0 Å². The van der Waals surface area contributed by atoms with E-state index in [1.807, 2.05) is 26.0 Å². The number of benzene rings is 2. The monoisotopic (exact) mass is 486 g/mol. The van der Waals surface area contributed by atoms with Crippen molar-refractivity contribution in [1.82, 2.24) is 9.29 Å². The Balaban J connectivity index is 1.63. The Hall–Kier alpha value is -1.98. The number of pyridine rings is 1. The fourth-order valence-electron chi connectivity index (χ4n) is 4.03. The maximum absolute atomic E-state index is 13.1. The molecule has 3 aromatic rings. The summed E-state index contributed by atoms with van der Waals surface area (Å²) >= 11 is 0.0882. The van der Waals surface area contributed by atoms with Crippen molar-refractivity contribution < 1.29 is 8.42 Å². The molecule has 0 amide bonds. The molecule has 0 unspecified atom stereocenters. The van der Waals surface area contributed by atoms with E-state index in [0.717, 1.165) is 27.0 Å². The van der Waals surface area contributed by atoms with Crippen LogP contribution in [0.3, 0.4) is 0 Å². The van der Waals surface area contributed by atoms with Gasteiger partial charge in [-0.05, 0) is 0 Å². The van der Waals surface area contributed by atoms with Crippen molar-refractivity contribution in [1.29, 1.82) is 0 Å². The molecule has 0 spiro atoms. The van der Waals surface area contributed by atoms with E-state index in [9.17, 15) is 8.42 Å². The topological polar surface area (TPSA) is 50.3 Å². The van der Waals surface area contributed by atoms with Gasteiger partial charge in [-0.3, -0.25) is 0 Å². The second-order valence-corrected chi connectivity index (χ2v) is 12.2. The first-order valence-corrected chi connectivity index (χ1v) is 13.1. The summed E-state index contributed by atoms with van der Waals surface area (Å²) in [7, 11) is -3.52. The molecule has 6 heteroatoms. The van der Waals surface area contributed by atoms with Crippen LogP contribution in [0.1, 0.15) is 39.1 Å². The first-order valence-electron chi connectivity index (χ1n) is 9.97. The number of nitrogens with zero attached hydrogens (tertiary/aromatic N) is 2. The zero-order valence-corrected chi connectivity index (χ0v) is 20.5. The molecule has 0 radical (unpaired) electrons. The van der Waals surface area contributed by atoms with E-state index in [0.29, 0.717) is 18.0 Å². The van der Waals surface area contributed by atoms with Crippen LogP contribution in [0.4, 0.5) is 0 Å². The molecule has 0 atom stereocenters. The van der Waals surface area contributed by atoms with Crippen molar-refractivity contribution in [2.24, 2.45) is 0 Å². The number of sulfonamides is 1. The molecule has 156 valence electrons. The van der Waals surface area contributed by atoms with Crippen molar-refractivity contribution >= 4 is 34.0 Å². The van der Waals surface area contributed by atoms with Crippen LogP contribution >= 0.6 is 0 Å². The number of hydrogen-bond acceptors (Lipinski definition) is 3. The molecule has 0 N–H and O–H groups in total. The van der Waals surface area contributed by atoms with E-state index < -0.39 is 10.0 Å². The van der Waals surface area contributed by atoms with Crippen molar-refractivity contribution in [2.45, 2.75) is 52.6 Å². The minimum atomic E-state index is -3.52. The Labute approximate surface area is 185 Å². The molecule has 2 heterocycles. The summed E-state index contributed by atoms with van der Waals surface area (Å²) in [6.45, 7) is 11.2. The Morgan fingerprint density at radius 1 is 0.867 bits per heavy atom. The molecule has 0 saturated carbocycles. The van der Waals surface area contributed by atoms with Crippen molar-refractivity contribution in [3.63, 3.8) is 0 Å². The van der Waals surface area contributed by atoms with Gasteiger partial charge in [-0.15, -0.1) is 0 Å². The predicted octanol–water partition coefficient (Wildman–Crippen LogP) is 2.98. The molecule has 4 nitrogen and oxygen atoms in total. The van der Waals surface area contributed by atoms with Crippen LogP contribution in [0.15, 0.2) is 47.4 Å². The van der Waals surface area contributed by atoms with E-state index in [1.54, 1.807) is 16.4 Å². The Morgan fingerprint density at radius 2 is 1.50 bits per heavy atom. The van der Waals surface area contributed by atoms with E-state index in [1.165, 1.54) is 21.2 Å². The number of fused-ring (bicyclic) bond motifs is 1. The number of rotatable bonds is 4.